The van der Waals surface area contributed by atoms with Crippen molar-refractivity contribution in [2.45, 2.75) is 124 Å². The third-order valence-electron chi connectivity index (χ3n) is 5.93. The summed E-state index contributed by atoms with van der Waals surface area (Å²) in [7, 11) is -4.42. The van der Waals surface area contributed by atoms with Crippen LogP contribution in [0.1, 0.15) is 124 Å². The van der Waals surface area contributed by atoms with E-state index in [-0.39, 0.29) is 6.61 Å². The number of unbranched alkanes of at least 4 members (excludes halogenated alkanes) is 12. The zero-order valence-corrected chi connectivity index (χ0v) is 22.3. The minimum Gasteiger partial charge on any atom is -0.726 e. The number of likely N-dealkylation sites (N-methyl/N-ethyl adjacent to an activating group) is 1. The molecule has 6 nitrogen and oxygen atoms in total. The minimum atomic E-state index is -4.42. The molecule has 0 spiro atoms. The van der Waals surface area contributed by atoms with Gasteiger partial charge in [-0.1, -0.05) is 97.3 Å². The Kier molecular flexibility index (Phi) is 20.5. The van der Waals surface area contributed by atoms with Crippen molar-refractivity contribution in [2.24, 2.45) is 5.92 Å². The number of hydrogen-bond acceptors (Lipinski definition) is 5. The molecule has 7 heteroatoms. The van der Waals surface area contributed by atoms with Gasteiger partial charge in [-0.25, -0.2) is 8.42 Å². The lowest BCUT2D eigenvalue weighted by molar-refractivity contribution is -0.515. The highest BCUT2D eigenvalue weighted by Gasteiger charge is 2.17. The van der Waals surface area contributed by atoms with Gasteiger partial charge in [-0.3, -0.25) is 14.1 Å². The zero-order chi connectivity index (χ0) is 24.1. The van der Waals surface area contributed by atoms with E-state index in [0.29, 0.717) is 0 Å². The Hall–Kier alpha value is -0.660. The van der Waals surface area contributed by atoms with E-state index in [0.717, 1.165) is 12.5 Å². The molecule has 1 aliphatic rings. The van der Waals surface area contributed by atoms with Crippen LogP contribution in [0.15, 0.2) is 0 Å². The fourth-order valence-electron chi connectivity index (χ4n) is 4.11. The third kappa shape index (κ3) is 21.2. The average molecular weight is 477 g/mol. The van der Waals surface area contributed by atoms with Crippen molar-refractivity contribution >= 4 is 16.2 Å². The van der Waals surface area contributed by atoms with E-state index in [1.807, 2.05) is 0 Å². The molecule has 0 bridgehead atoms. The van der Waals surface area contributed by atoms with Crippen LogP contribution >= 0.6 is 0 Å². The Bertz CT molecular complexity index is 562. The summed E-state index contributed by atoms with van der Waals surface area (Å²) in [6.45, 7) is 11.8. The van der Waals surface area contributed by atoms with Crippen molar-refractivity contribution < 1.29 is 21.7 Å². The third-order valence-corrected chi connectivity index (χ3v) is 6.46. The van der Waals surface area contributed by atoms with Crippen LogP contribution in [0.3, 0.4) is 0 Å². The van der Waals surface area contributed by atoms with Crippen molar-refractivity contribution in [2.75, 3.05) is 26.2 Å². The van der Waals surface area contributed by atoms with E-state index in [9.17, 15) is 13.0 Å². The van der Waals surface area contributed by atoms with Crippen LogP contribution in [0.4, 0.5) is 0 Å². The largest absolute Gasteiger partial charge is 0.726 e. The maximum absolute atomic E-state index is 9.45. The zero-order valence-electron chi connectivity index (χ0n) is 21.5. The molecule has 32 heavy (non-hydrogen) atoms. The molecule has 1 aliphatic heterocycles. The number of hydrogen-bond donors (Lipinski definition) is 1. The van der Waals surface area contributed by atoms with Gasteiger partial charge in [-0.2, -0.15) is 0 Å². The first-order valence-corrected chi connectivity index (χ1v) is 14.6. The molecule has 0 saturated heterocycles. The number of nitrogens with zero attached hydrogens (tertiary/aromatic N) is 1. The summed E-state index contributed by atoms with van der Waals surface area (Å²) in [5.74, 6) is 2.40. The second-order valence-electron chi connectivity index (χ2n) is 9.30. The SMILES string of the molecule is CCOS(=O)(=O)[O-].CC[N+]1=C(CCCCCCCCCCCCCCCC(C)C)NCC1. The minimum absolute atomic E-state index is 0.0914. The van der Waals surface area contributed by atoms with Gasteiger partial charge >= 0.3 is 0 Å². The van der Waals surface area contributed by atoms with Crippen LogP contribution in [0, 0.1) is 5.92 Å². The summed E-state index contributed by atoms with van der Waals surface area (Å²) < 4.78 is 34.5. The van der Waals surface area contributed by atoms with E-state index >= 15 is 0 Å². The fourth-order valence-corrected chi connectivity index (χ4v) is 4.40. The van der Waals surface area contributed by atoms with Gasteiger partial charge in [0.2, 0.25) is 16.2 Å². The van der Waals surface area contributed by atoms with Gasteiger partial charge in [0.15, 0.2) is 0 Å². The monoisotopic (exact) mass is 476 g/mol. The van der Waals surface area contributed by atoms with Crippen LogP contribution in [0.2, 0.25) is 0 Å². The van der Waals surface area contributed by atoms with Gasteiger partial charge < -0.3 is 4.55 Å². The number of nitrogens with one attached hydrogen (secondary N) is 1. The molecule has 0 radical (unpaired) electrons. The van der Waals surface area contributed by atoms with Crippen molar-refractivity contribution in [3.8, 4) is 0 Å². The lowest BCUT2D eigenvalue weighted by Gasteiger charge is -2.05. The summed E-state index contributed by atoms with van der Waals surface area (Å²) in [6, 6.07) is 0. The molecule has 0 aromatic carbocycles. The average Bonchev–Trinajstić information content (AvgIpc) is 3.17. The van der Waals surface area contributed by atoms with Gasteiger partial charge in [0.25, 0.3) is 0 Å². The Morgan fingerprint density at radius 2 is 1.34 bits per heavy atom. The second kappa shape index (κ2) is 20.9. The van der Waals surface area contributed by atoms with E-state index < -0.39 is 10.4 Å². The maximum Gasteiger partial charge on any atom is 0.244 e. The molecule has 0 amide bonds. The van der Waals surface area contributed by atoms with Gasteiger partial charge in [0.1, 0.15) is 13.1 Å². The predicted octanol–water partition coefficient (Wildman–Crippen LogP) is 6.01. The summed E-state index contributed by atoms with van der Waals surface area (Å²) in [5.41, 5.74) is 0. The molecule has 0 unspecified atom stereocenters. The lowest BCUT2D eigenvalue weighted by atomic mass is 10.0. The normalized spacial score (nSPS) is 13.9. The molecule has 0 saturated carbocycles. The van der Waals surface area contributed by atoms with Crippen LogP contribution in [0.5, 0.6) is 0 Å². The molecule has 0 aromatic heterocycles. The summed E-state index contributed by atoms with van der Waals surface area (Å²) >= 11 is 0. The Labute approximate surface area is 199 Å². The quantitative estimate of drug-likeness (QED) is 0.107. The molecular formula is C25H52N2O4S. The molecule has 0 aliphatic carbocycles. The van der Waals surface area contributed by atoms with Crippen molar-refractivity contribution in [3.05, 3.63) is 0 Å². The number of amidine groups is 1. The van der Waals surface area contributed by atoms with E-state index in [4.69, 9.17) is 0 Å². The maximum atomic E-state index is 9.45. The number of rotatable bonds is 19. The smallest absolute Gasteiger partial charge is 0.244 e. The second-order valence-corrected chi connectivity index (χ2v) is 10.3. The Morgan fingerprint density at radius 1 is 0.875 bits per heavy atom. The summed E-state index contributed by atoms with van der Waals surface area (Å²) in [6.07, 6.45) is 21.6. The van der Waals surface area contributed by atoms with Crippen LogP contribution in [-0.4, -0.2) is 49.6 Å². The molecule has 192 valence electrons. The standard InChI is InChI=1S/C23H46N2.C2H6O4S/c1-4-25-21-20-24-23(25)19-17-15-13-11-9-7-5-6-8-10-12-14-16-18-22(2)3;1-2-6-7(3,4)5/h22H,4-21H2,1-3H3;2H2,1H3,(H,3,4,5). The summed E-state index contributed by atoms with van der Waals surface area (Å²) in [4.78, 5) is 0. The highest BCUT2D eigenvalue weighted by molar-refractivity contribution is 7.80. The Balaban J connectivity index is 0.00000118. The fraction of sp³-hybridized carbons (Fsp3) is 0.960. The molecule has 0 fully saturated rings. The van der Waals surface area contributed by atoms with Crippen molar-refractivity contribution in [1.82, 2.24) is 5.32 Å². The Morgan fingerprint density at radius 3 is 1.72 bits per heavy atom. The van der Waals surface area contributed by atoms with E-state index in [1.54, 1.807) is 0 Å². The molecular weight excluding hydrogens is 424 g/mol. The topological polar surface area (TPSA) is 81.5 Å². The lowest BCUT2D eigenvalue weighted by Crippen LogP contribution is -2.22. The molecule has 1 N–H and O–H groups in total. The first-order chi connectivity index (χ1) is 15.3. The van der Waals surface area contributed by atoms with E-state index in [2.05, 4.69) is 34.8 Å². The van der Waals surface area contributed by atoms with Gasteiger partial charge in [-0.15, -0.1) is 0 Å². The van der Waals surface area contributed by atoms with Crippen molar-refractivity contribution in [3.63, 3.8) is 0 Å². The van der Waals surface area contributed by atoms with Gasteiger partial charge in [0.05, 0.1) is 13.2 Å². The highest BCUT2D eigenvalue weighted by atomic mass is 32.3. The van der Waals surface area contributed by atoms with Crippen molar-refractivity contribution in [1.29, 1.82) is 0 Å². The van der Waals surface area contributed by atoms with Crippen LogP contribution in [0.25, 0.3) is 0 Å². The van der Waals surface area contributed by atoms with Crippen LogP contribution < -0.4 is 5.32 Å². The van der Waals surface area contributed by atoms with E-state index in [1.165, 1.54) is 122 Å². The summed E-state index contributed by atoms with van der Waals surface area (Å²) in [5, 5.41) is 3.55. The highest BCUT2D eigenvalue weighted by Crippen LogP contribution is 2.14. The molecule has 1 heterocycles. The first kappa shape index (κ1) is 31.3. The first-order valence-electron chi connectivity index (χ1n) is 13.2. The molecule has 0 atom stereocenters. The van der Waals surface area contributed by atoms with Crippen LogP contribution in [-0.2, 0) is 14.6 Å². The van der Waals surface area contributed by atoms with Gasteiger partial charge in [0, 0.05) is 6.42 Å². The molecule has 0 aromatic rings. The predicted molar refractivity (Wildman–Crippen MR) is 134 cm³/mol. The molecule has 1 rings (SSSR count). The van der Waals surface area contributed by atoms with Gasteiger partial charge in [-0.05, 0) is 26.2 Å².